The highest BCUT2D eigenvalue weighted by molar-refractivity contribution is 7.37. The highest BCUT2D eigenvalue weighted by Gasteiger charge is 2.48. The molecule has 0 saturated carbocycles. The lowest BCUT2D eigenvalue weighted by atomic mass is 9.82. The van der Waals surface area contributed by atoms with Crippen LogP contribution in [-0.4, -0.2) is 11.6 Å². The quantitative estimate of drug-likeness (QED) is 0.125. The van der Waals surface area contributed by atoms with Gasteiger partial charge in [0.2, 0.25) is 0 Å². The lowest BCUT2D eigenvalue weighted by Crippen LogP contribution is -2.15. The first-order chi connectivity index (χ1) is 29.9. The molecular weight excluding hydrogens is 881 g/mol. The van der Waals surface area contributed by atoms with Crippen LogP contribution in [0.15, 0.2) is 83.0 Å². The van der Waals surface area contributed by atoms with Crippen molar-refractivity contribution < 1.29 is 9.59 Å². The van der Waals surface area contributed by atoms with Gasteiger partial charge in [0, 0.05) is 63.4 Å². The van der Waals surface area contributed by atoms with Gasteiger partial charge in [-0.2, -0.15) is 21.0 Å². The van der Waals surface area contributed by atoms with E-state index in [9.17, 15) is 30.6 Å². The van der Waals surface area contributed by atoms with Gasteiger partial charge in [0.25, 0.3) is 0 Å². The van der Waals surface area contributed by atoms with Gasteiger partial charge in [-0.15, -0.1) is 68.0 Å². The Morgan fingerprint density at radius 2 is 0.823 bits per heavy atom. The third-order valence-electron chi connectivity index (χ3n) is 12.6. The molecule has 0 fully saturated rings. The number of nitrogens with zero attached hydrogens (tertiary/aromatic N) is 4. The predicted molar refractivity (Wildman–Crippen MR) is 255 cm³/mol. The maximum absolute atomic E-state index is 13.7. The molecule has 0 aliphatic heterocycles. The second-order valence-corrected chi connectivity index (χ2v) is 22.9. The van der Waals surface area contributed by atoms with Crippen LogP contribution in [0.4, 0.5) is 0 Å². The summed E-state index contributed by atoms with van der Waals surface area (Å²) in [4.78, 5) is 34.5. The highest BCUT2D eigenvalue weighted by Crippen LogP contribution is 2.68. The minimum atomic E-state index is -0.263. The van der Waals surface area contributed by atoms with E-state index in [1.54, 1.807) is 81.7 Å². The number of allylic oxidation sites excluding steroid dienone is 6. The topological polar surface area (TPSA) is 129 Å². The van der Waals surface area contributed by atoms with Crippen molar-refractivity contribution in [3.05, 3.63) is 137 Å². The number of hydrogen-bond donors (Lipinski definition) is 0. The molecule has 6 nitrogen and oxygen atoms in total. The van der Waals surface area contributed by atoms with Gasteiger partial charge in [-0.25, -0.2) is 0 Å². The molecule has 12 rings (SSSR count). The Bertz CT molecular complexity index is 3560. The Kier molecular flexibility index (Phi) is 7.63. The number of carbonyl (C=O) groups is 2. The van der Waals surface area contributed by atoms with Gasteiger partial charge in [0.1, 0.15) is 35.4 Å². The van der Waals surface area contributed by atoms with Gasteiger partial charge in [-0.3, -0.25) is 9.59 Å². The number of hydrogen-bond acceptors (Lipinski definition) is 12. The Balaban J connectivity index is 0.937. The molecule has 62 heavy (non-hydrogen) atoms. The number of ketones is 2. The van der Waals surface area contributed by atoms with Gasteiger partial charge >= 0.3 is 0 Å². The number of fused-ring (bicyclic) bond motifs is 15. The van der Waals surface area contributed by atoms with Crippen LogP contribution in [-0.2, 0) is 10.8 Å². The molecule has 292 valence electrons. The molecule has 8 aromatic rings. The van der Waals surface area contributed by atoms with E-state index in [0.717, 1.165) is 19.2 Å². The van der Waals surface area contributed by atoms with Gasteiger partial charge in [0.15, 0.2) is 11.6 Å². The van der Waals surface area contributed by atoms with E-state index in [-0.39, 0.29) is 33.5 Å². The highest BCUT2D eigenvalue weighted by atomic mass is 32.1. The van der Waals surface area contributed by atoms with E-state index in [1.807, 2.05) is 71.2 Å². The fourth-order valence-electron chi connectivity index (χ4n) is 10.0. The minimum Gasteiger partial charge on any atom is -0.289 e. The lowest BCUT2D eigenvalue weighted by Gasteiger charge is -2.21. The molecule has 0 radical (unpaired) electrons. The average molecular weight is 905 g/mol. The van der Waals surface area contributed by atoms with Crippen LogP contribution < -0.4 is 0 Å². The fourth-order valence-corrected chi connectivity index (χ4v) is 19.6. The Labute approximate surface area is 378 Å². The Hall–Kier alpha value is -6.32. The molecule has 4 aliphatic rings. The van der Waals surface area contributed by atoms with Crippen molar-refractivity contribution in [2.75, 3.05) is 0 Å². The first-order valence-corrected chi connectivity index (χ1v) is 24.4. The third kappa shape index (κ3) is 4.61. The van der Waals surface area contributed by atoms with E-state index in [2.05, 4.69) is 39.8 Å². The normalized spacial score (nSPS) is 17.3. The second-order valence-electron chi connectivity index (χ2n) is 16.6. The molecular formula is C50H24N4O2S6. The van der Waals surface area contributed by atoms with Crippen molar-refractivity contribution in [3.8, 4) is 43.8 Å². The first-order valence-electron chi connectivity index (χ1n) is 19.5. The molecule has 4 aliphatic carbocycles. The van der Waals surface area contributed by atoms with Crippen molar-refractivity contribution in [1.82, 2.24) is 0 Å². The third-order valence-corrected chi connectivity index (χ3v) is 20.2. The summed E-state index contributed by atoms with van der Waals surface area (Å²) >= 11 is 10.8. The summed E-state index contributed by atoms with van der Waals surface area (Å²) in [5.41, 5.74) is 8.65. The predicted octanol–water partition coefficient (Wildman–Crippen LogP) is 14.3. The summed E-state index contributed by atoms with van der Waals surface area (Å²) in [6.45, 7) is 9.34. The molecule has 0 unspecified atom stereocenters. The summed E-state index contributed by atoms with van der Waals surface area (Å²) in [6.07, 6.45) is 3.73. The minimum absolute atomic E-state index is 0.0603. The van der Waals surface area contributed by atoms with E-state index in [4.69, 9.17) is 0 Å². The zero-order valence-corrected chi connectivity index (χ0v) is 37.9. The summed E-state index contributed by atoms with van der Waals surface area (Å²) in [5, 5.41) is 39.3. The number of rotatable bonds is 2. The van der Waals surface area contributed by atoms with E-state index >= 15 is 0 Å². The molecule has 0 N–H and O–H groups in total. The zero-order valence-electron chi connectivity index (χ0n) is 33.0. The van der Waals surface area contributed by atoms with Gasteiger partial charge in [-0.05, 0) is 57.7 Å². The summed E-state index contributed by atoms with van der Waals surface area (Å²) in [7, 11) is 0. The number of benzene rings is 2. The van der Waals surface area contributed by atoms with Crippen molar-refractivity contribution in [2.45, 2.75) is 38.5 Å². The van der Waals surface area contributed by atoms with Crippen LogP contribution in [0.2, 0.25) is 0 Å². The van der Waals surface area contributed by atoms with Gasteiger partial charge in [-0.1, -0.05) is 76.2 Å². The van der Waals surface area contributed by atoms with Crippen LogP contribution in [0, 0.1) is 45.3 Å². The van der Waals surface area contributed by atoms with Crippen LogP contribution in [0.3, 0.4) is 0 Å². The van der Waals surface area contributed by atoms with E-state index in [0.29, 0.717) is 44.5 Å². The van der Waals surface area contributed by atoms with Crippen molar-refractivity contribution in [3.63, 3.8) is 0 Å². The molecule has 0 bridgehead atoms. The summed E-state index contributed by atoms with van der Waals surface area (Å²) in [6, 6.07) is 26.7. The molecule has 0 spiro atoms. The number of carbonyl (C=O) groups excluding carboxylic acids is 2. The molecule has 6 heterocycles. The second kappa shape index (κ2) is 12.6. The van der Waals surface area contributed by atoms with E-state index in [1.165, 1.54) is 60.6 Å². The molecule has 12 heteroatoms. The number of Topliss-reactive ketones (excluding diaryl/α,β-unsaturated/α-hetero) is 2. The largest absolute Gasteiger partial charge is 0.289 e. The molecule has 0 amide bonds. The fraction of sp³-hybridized carbons (Fsp3) is 0.120. The van der Waals surface area contributed by atoms with Crippen LogP contribution in [0.5, 0.6) is 0 Å². The maximum atomic E-state index is 13.7. The van der Waals surface area contributed by atoms with Crippen LogP contribution in [0.1, 0.15) is 91.5 Å². The van der Waals surface area contributed by atoms with Crippen LogP contribution in [0.25, 0.3) is 71.0 Å². The molecule has 0 atom stereocenters. The molecule has 6 aromatic heterocycles. The van der Waals surface area contributed by atoms with Gasteiger partial charge < -0.3 is 0 Å². The number of thiophene rings is 6. The average Bonchev–Trinajstić information content (AvgIpc) is 4.13. The number of nitriles is 4. The Morgan fingerprint density at radius 3 is 1.19 bits per heavy atom. The van der Waals surface area contributed by atoms with Gasteiger partial charge in [0.05, 0.1) is 38.3 Å². The zero-order chi connectivity index (χ0) is 42.7. The molecule has 2 aromatic carbocycles. The molecule has 0 saturated heterocycles. The maximum Gasteiger partial charge on any atom is 0.194 e. The van der Waals surface area contributed by atoms with E-state index < -0.39 is 0 Å². The smallest absolute Gasteiger partial charge is 0.194 e. The summed E-state index contributed by atoms with van der Waals surface area (Å²) in [5.74, 6) is -0.341. The summed E-state index contributed by atoms with van der Waals surface area (Å²) < 4.78 is 7.46. The Morgan fingerprint density at radius 1 is 0.484 bits per heavy atom. The SMILES string of the molecule is CC1(C)c2c(sc3cc(/C=C4\C(=O)c5ccccc5C4=C(C#N)C#N)sc23)-c2sc3c4c(sc3c21)-c1sc2cc(/C=C3\C(=O)c5ccccc5C3=C(C#N)C#N)sc2c1C4(C)C. The first kappa shape index (κ1) is 37.4. The van der Waals surface area contributed by atoms with Crippen molar-refractivity contribution in [1.29, 1.82) is 21.0 Å². The standard InChI is InChI=1S/C50H24N4O2S6/c1-49(2)35-41-31(15-23(57-41)13-29-33(21(17-51)18-52)25-9-5-7-11-27(25)39(29)55)59-43(35)45-37(49)47-48(61-45)38-46(62-47)44-36(50(38,3)4)42-32(60-44)16-24(58-42)14-30-34(22(19-53)20-54)26-10-6-8-12-28(26)40(30)56/h5-16H,1-4H3/b29-13-,30-14-. The lowest BCUT2D eigenvalue weighted by molar-refractivity contribution is 0.103. The monoisotopic (exact) mass is 904 g/mol. The van der Waals surface area contributed by atoms with Crippen molar-refractivity contribution >= 4 is 131 Å². The van der Waals surface area contributed by atoms with Crippen molar-refractivity contribution in [2.24, 2.45) is 0 Å². The van der Waals surface area contributed by atoms with Crippen LogP contribution >= 0.6 is 68.0 Å².